The van der Waals surface area contributed by atoms with Crippen LogP contribution < -0.4 is 0 Å². The molecule has 23 heavy (non-hydrogen) atoms. The fourth-order valence-corrected chi connectivity index (χ4v) is 3.11. The Labute approximate surface area is 137 Å². The van der Waals surface area contributed by atoms with Gasteiger partial charge in [-0.3, -0.25) is 4.79 Å². The summed E-state index contributed by atoms with van der Waals surface area (Å²) in [5.41, 5.74) is 0.532. The van der Waals surface area contributed by atoms with E-state index in [1.165, 1.54) is 28.6 Å². The molecule has 1 aromatic heterocycles. The average Bonchev–Trinajstić information content (AvgIpc) is 3.02. The van der Waals surface area contributed by atoms with Crippen molar-refractivity contribution in [3.8, 4) is 5.69 Å². The quantitative estimate of drug-likeness (QED) is 0.765. The molecule has 9 heteroatoms. The van der Waals surface area contributed by atoms with Gasteiger partial charge in [0.15, 0.2) is 0 Å². The monoisotopic (exact) mass is 336 g/mol. The molecule has 1 saturated heterocycles. The van der Waals surface area contributed by atoms with Crippen LogP contribution in [0.2, 0.25) is 0 Å². The van der Waals surface area contributed by atoms with Gasteiger partial charge < -0.3 is 9.80 Å². The number of halogens is 1. The van der Waals surface area contributed by atoms with Crippen LogP contribution in [0.15, 0.2) is 29.4 Å². The number of piperazine rings is 1. The molecule has 0 N–H and O–H groups in total. The molecule has 2 aromatic rings. The third kappa shape index (κ3) is 3.85. The van der Waals surface area contributed by atoms with Crippen molar-refractivity contribution in [3.05, 3.63) is 30.1 Å². The van der Waals surface area contributed by atoms with Crippen molar-refractivity contribution in [2.24, 2.45) is 0 Å². The second-order valence-electron chi connectivity index (χ2n) is 5.33. The molecule has 0 radical (unpaired) electrons. The molecule has 0 atom stereocenters. The third-order valence-corrected chi connectivity index (χ3v) is 4.58. The zero-order valence-electron chi connectivity index (χ0n) is 12.7. The molecule has 1 amide bonds. The maximum Gasteiger partial charge on any atom is 0.233 e. The maximum absolute atomic E-state index is 13.3. The Morgan fingerprint density at radius 1 is 1.30 bits per heavy atom. The zero-order valence-corrected chi connectivity index (χ0v) is 13.5. The minimum atomic E-state index is -0.359. The lowest BCUT2D eigenvalue weighted by atomic mass is 10.3. The molecule has 0 spiro atoms. The molecule has 122 valence electrons. The number of hydrogen-bond acceptors (Lipinski definition) is 6. The van der Waals surface area contributed by atoms with Crippen LogP contribution in [0.1, 0.15) is 0 Å². The lowest BCUT2D eigenvalue weighted by molar-refractivity contribution is -0.129. The Hall–Kier alpha value is -2.00. The van der Waals surface area contributed by atoms with Gasteiger partial charge in [-0.15, -0.1) is 5.10 Å². The molecule has 0 saturated carbocycles. The van der Waals surface area contributed by atoms with Crippen molar-refractivity contribution in [1.82, 2.24) is 30.0 Å². The van der Waals surface area contributed by atoms with Crippen molar-refractivity contribution in [3.63, 3.8) is 0 Å². The Bertz CT molecular complexity index is 685. The van der Waals surface area contributed by atoms with E-state index in [1.54, 1.807) is 12.1 Å². The summed E-state index contributed by atoms with van der Waals surface area (Å²) in [6.07, 6.45) is 0. The van der Waals surface area contributed by atoms with Gasteiger partial charge in [-0.2, -0.15) is 4.68 Å². The van der Waals surface area contributed by atoms with E-state index in [9.17, 15) is 9.18 Å². The molecule has 2 heterocycles. The van der Waals surface area contributed by atoms with Crippen molar-refractivity contribution >= 4 is 17.7 Å². The van der Waals surface area contributed by atoms with Gasteiger partial charge in [0.2, 0.25) is 11.1 Å². The number of rotatable bonds is 4. The van der Waals surface area contributed by atoms with E-state index in [0.717, 1.165) is 26.2 Å². The van der Waals surface area contributed by atoms with Gasteiger partial charge in [0.05, 0.1) is 11.4 Å². The fraction of sp³-hybridized carbons (Fsp3) is 0.429. The van der Waals surface area contributed by atoms with Crippen molar-refractivity contribution < 1.29 is 9.18 Å². The van der Waals surface area contributed by atoms with Crippen LogP contribution >= 0.6 is 11.8 Å². The highest BCUT2D eigenvalue weighted by molar-refractivity contribution is 7.99. The number of carbonyl (C=O) groups is 1. The predicted octanol–water partition coefficient (Wildman–Crippen LogP) is 0.667. The van der Waals surface area contributed by atoms with E-state index >= 15 is 0 Å². The van der Waals surface area contributed by atoms with Crippen LogP contribution in [-0.4, -0.2) is 74.9 Å². The lowest BCUT2D eigenvalue weighted by Crippen LogP contribution is -2.47. The highest BCUT2D eigenvalue weighted by atomic mass is 32.2. The largest absolute Gasteiger partial charge is 0.339 e. The van der Waals surface area contributed by atoms with E-state index in [1.807, 2.05) is 11.9 Å². The molecule has 0 bridgehead atoms. The third-order valence-electron chi connectivity index (χ3n) is 3.67. The van der Waals surface area contributed by atoms with E-state index in [2.05, 4.69) is 20.4 Å². The van der Waals surface area contributed by atoms with E-state index < -0.39 is 0 Å². The second kappa shape index (κ2) is 7.05. The summed E-state index contributed by atoms with van der Waals surface area (Å²) in [7, 11) is 2.05. The van der Waals surface area contributed by atoms with Crippen LogP contribution in [0.4, 0.5) is 4.39 Å². The first-order valence-electron chi connectivity index (χ1n) is 7.27. The molecule has 0 aliphatic carbocycles. The standard InChI is InChI=1S/C14H17FN6OS/c1-19-5-7-20(8-6-19)13(22)10-23-14-16-17-18-21(14)12-4-2-3-11(15)9-12/h2-4,9H,5-8,10H2,1H3. The van der Waals surface area contributed by atoms with Gasteiger partial charge in [-0.1, -0.05) is 17.8 Å². The zero-order chi connectivity index (χ0) is 16.2. The normalized spacial score (nSPS) is 15.8. The average molecular weight is 336 g/mol. The van der Waals surface area contributed by atoms with Crippen LogP contribution in [0.25, 0.3) is 5.69 Å². The SMILES string of the molecule is CN1CCN(C(=O)CSc2nnnn2-c2cccc(F)c2)CC1. The summed E-state index contributed by atoms with van der Waals surface area (Å²) in [6, 6.07) is 6.02. The van der Waals surface area contributed by atoms with Crippen LogP contribution in [0.5, 0.6) is 0 Å². The first kappa shape index (κ1) is 15.9. The van der Waals surface area contributed by atoms with Crippen LogP contribution in [0.3, 0.4) is 0 Å². The number of benzene rings is 1. The number of thioether (sulfide) groups is 1. The van der Waals surface area contributed by atoms with Gasteiger partial charge in [0.25, 0.3) is 0 Å². The molecule has 1 aliphatic heterocycles. The maximum atomic E-state index is 13.3. The van der Waals surface area contributed by atoms with Gasteiger partial charge >= 0.3 is 0 Å². The Balaban J connectivity index is 1.63. The lowest BCUT2D eigenvalue weighted by Gasteiger charge is -2.32. The Kier molecular flexibility index (Phi) is 4.87. The number of nitrogens with zero attached hydrogens (tertiary/aromatic N) is 6. The van der Waals surface area contributed by atoms with Gasteiger partial charge in [-0.05, 0) is 35.7 Å². The minimum absolute atomic E-state index is 0.0666. The number of aromatic nitrogens is 4. The summed E-state index contributed by atoms with van der Waals surface area (Å²) in [5, 5.41) is 11.9. The van der Waals surface area contributed by atoms with Gasteiger partial charge in [0.1, 0.15) is 5.82 Å². The summed E-state index contributed by atoms with van der Waals surface area (Å²) >= 11 is 1.26. The molecule has 7 nitrogen and oxygen atoms in total. The number of carbonyl (C=O) groups excluding carboxylic acids is 1. The highest BCUT2D eigenvalue weighted by Gasteiger charge is 2.20. The molecular weight excluding hydrogens is 319 g/mol. The summed E-state index contributed by atoms with van der Waals surface area (Å²) < 4.78 is 14.8. The summed E-state index contributed by atoms with van der Waals surface area (Å²) in [4.78, 5) is 16.3. The van der Waals surface area contributed by atoms with E-state index in [-0.39, 0.29) is 17.5 Å². The topological polar surface area (TPSA) is 67.2 Å². The van der Waals surface area contributed by atoms with Crippen LogP contribution in [-0.2, 0) is 4.79 Å². The number of tetrazole rings is 1. The molecule has 1 fully saturated rings. The van der Waals surface area contributed by atoms with Gasteiger partial charge in [0, 0.05) is 26.2 Å². The van der Waals surface area contributed by atoms with Gasteiger partial charge in [-0.25, -0.2) is 4.39 Å². The molecular formula is C14H17FN6OS. The number of hydrogen-bond donors (Lipinski definition) is 0. The van der Waals surface area contributed by atoms with Crippen molar-refractivity contribution in [2.75, 3.05) is 39.0 Å². The minimum Gasteiger partial charge on any atom is -0.339 e. The second-order valence-corrected chi connectivity index (χ2v) is 6.27. The van der Waals surface area contributed by atoms with Crippen molar-refractivity contribution in [2.45, 2.75) is 5.16 Å². The first-order chi connectivity index (χ1) is 11.1. The predicted molar refractivity (Wildman–Crippen MR) is 83.9 cm³/mol. The molecule has 1 aliphatic rings. The van der Waals surface area contributed by atoms with Crippen molar-refractivity contribution in [1.29, 1.82) is 0 Å². The Morgan fingerprint density at radius 3 is 2.83 bits per heavy atom. The summed E-state index contributed by atoms with van der Waals surface area (Å²) in [6.45, 7) is 3.25. The summed E-state index contributed by atoms with van der Waals surface area (Å²) in [5.74, 6) is -0.0290. The molecule has 0 unspecified atom stereocenters. The van der Waals surface area contributed by atoms with Crippen LogP contribution in [0, 0.1) is 5.82 Å². The smallest absolute Gasteiger partial charge is 0.233 e. The highest BCUT2D eigenvalue weighted by Crippen LogP contribution is 2.19. The van der Waals surface area contributed by atoms with E-state index in [0.29, 0.717) is 10.8 Å². The fourth-order valence-electron chi connectivity index (χ4n) is 2.31. The number of likely N-dealkylation sites (N-methyl/N-ethyl adjacent to an activating group) is 1. The number of amides is 1. The van der Waals surface area contributed by atoms with E-state index in [4.69, 9.17) is 0 Å². The Morgan fingerprint density at radius 2 is 2.09 bits per heavy atom. The molecule has 1 aromatic carbocycles. The molecule has 3 rings (SSSR count). The first-order valence-corrected chi connectivity index (χ1v) is 8.25.